The number of rotatable bonds is 4. The van der Waals surface area contributed by atoms with E-state index in [1.165, 1.54) is 7.11 Å². The molecule has 1 aromatic rings. The number of esters is 3. The first-order valence-corrected chi connectivity index (χ1v) is 9.50. The van der Waals surface area contributed by atoms with Crippen LogP contribution in [0.4, 0.5) is 0 Å². The molecule has 1 fully saturated rings. The quantitative estimate of drug-likeness (QED) is 0.418. The third-order valence-corrected chi connectivity index (χ3v) is 5.82. The summed E-state index contributed by atoms with van der Waals surface area (Å²) < 4.78 is 16.4. The van der Waals surface area contributed by atoms with Crippen molar-refractivity contribution < 1.29 is 28.6 Å². The maximum atomic E-state index is 12.8. The van der Waals surface area contributed by atoms with Crippen LogP contribution in [-0.2, 0) is 23.9 Å². The van der Waals surface area contributed by atoms with E-state index >= 15 is 0 Å². The van der Waals surface area contributed by atoms with Gasteiger partial charge in [-0.2, -0.15) is 0 Å². The van der Waals surface area contributed by atoms with Crippen LogP contribution in [0.2, 0.25) is 0 Å². The number of carbonyl (C=O) groups is 3. The predicted molar refractivity (Wildman–Crippen MR) is 95.6 cm³/mol. The Kier molecular flexibility index (Phi) is 5.37. The summed E-state index contributed by atoms with van der Waals surface area (Å²) in [6.07, 6.45) is 2.78. The SMILES string of the molecule is CCOC(=O)[C@H]1C(=O)Oc2ccc(Br)cc2[C@H]1C1(C(=O)OC)CCCC1. The van der Waals surface area contributed by atoms with Crippen molar-refractivity contribution in [3.63, 3.8) is 0 Å². The normalized spacial score (nSPS) is 23.7. The molecule has 26 heavy (non-hydrogen) atoms. The monoisotopic (exact) mass is 424 g/mol. The Balaban J connectivity index is 2.20. The molecule has 1 aromatic carbocycles. The van der Waals surface area contributed by atoms with Crippen LogP contribution >= 0.6 is 15.9 Å². The van der Waals surface area contributed by atoms with Gasteiger partial charge in [0.25, 0.3) is 0 Å². The Morgan fingerprint density at radius 2 is 2.00 bits per heavy atom. The maximum absolute atomic E-state index is 12.8. The minimum atomic E-state index is -1.19. The van der Waals surface area contributed by atoms with Crippen molar-refractivity contribution in [1.29, 1.82) is 0 Å². The number of methoxy groups -OCH3 is 1. The topological polar surface area (TPSA) is 78.9 Å². The molecule has 0 bridgehead atoms. The van der Waals surface area contributed by atoms with E-state index in [1.807, 2.05) is 6.07 Å². The van der Waals surface area contributed by atoms with Crippen LogP contribution < -0.4 is 4.74 Å². The zero-order valence-electron chi connectivity index (χ0n) is 14.7. The summed E-state index contributed by atoms with van der Waals surface area (Å²) in [6.45, 7) is 1.82. The molecule has 0 aromatic heterocycles. The first-order valence-electron chi connectivity index (χ1n) is 8.71. The Labute approximate surface area is 160 Å². The van der Waals surface area contributed by atoms with E-state index in [0.717, 1.165) is 17.3 Å². The molecule has 1 aliphatic heterocycles. The largest absolute Gasteiger partial charge is 0.469 e. The molecular formula is C19H21BrO6. The molecular weight excluding hydrogens is 404 g/mol. The fourth-order valence-electron chi connectivity index (χ4n) is 4.28. The predicted octanol–water partition coefficient (Wildman–Crippen LogP) is 3.36. The van der Waals surface area contributed by atoms with Crippen LogP contribution in [0.1, 0.15) is 44.1 Å². The smallest absolute Gasteiger partial charge is 0.326 e. The highest BCUT2D eigenvalue weighted by molar-refractivity contribution is 9.10. The van der Waals surface area contributed by atoms with Crippen LogP contribution in [0.15, 0.2) is 22.7 Å². The van der Waals surface area contributed by atoms with Crippen LogP contribution in [0, 0.1) is 11.3 Å². The molecule has 0 saturated heterocycles. The van der Waals surface area contributed by atoms with E-state index in [2.05, 4.69) is 15.9 Å². The summed E-state index contributed by atoms with van der Waals surface area (Å²) in [4.78, 5) is 38.2. The summed E-state index contributed by atoms with van der Waals surface area (Å²) in [5.74, 6) is -3.23. The second-order valence-corrected chi connectivity index (χ2v) is 7.58. The fourth-order valence-corrected chi connectivity index (χ4v) is 4.65. The van der Waals surface area contributed by atoms with Crippen LogP contribution in [0.5, 0.6) is 5.75 Å². The molecule has 6 nitrogen and oxygen atoms in total. The van der Waals surface area contributed by atoms with Gasteiger partial charge in [-0.3, -0.25) is 14.4 Å². The third kappa shape index (κ3) is 3.02. The molecule has 7 heteroatoms. The summed E-state index contributed by atoms with van der Waals surface area (Å²) in [6, 6.07) is 5.24. The fraction of sp³-hybridized carbons (Fsp3) is 0.526. The molecule has 2 atom stereocenters. The molecule has 140 valence electrons. The third-order valence-electron chi connectivity index (χ3n) is 5.33. The molecule has 3 rings (SSSR count). The molecule has 1 aliphatic carbocycles. The van der Waals surface area contributed by atoms with Gasteiger partial charge in [0.05, 0.1) is 19.1 Å². The first-order chi connectivity index (χ1) is 12.4. The van der Waals surface area contributed by atoms with E-state index in [-0.39, 0.29) is 6.61 Å². The average Bonchev–Trinajstić information content (AvgIpc) is 3.11. The van der Waals surface area contributed by atoms with Gasteiger partial charge >= 0.3 is 17.9 Å². The highest BCUT2D eigenvalue weighted by atomic mass is 79.9. The van der Waals surface area contributed by atoms with Crippen LogP contribution in [0.3, 0.4) is 0 Å². The second-order valence-electron chi connectivity index (χ2n) is 6.67. The second kappa shape index (κ2) is 7.39. The molecule has 0 unspecified atom stereocenters. The van der Waals surface area contributed by atoms with Crippen molar-refractivity contribution in [2.24, 2.45) is 11.3 Å². The van der Waals surface area contributed by atoms with Gasteiger partial charge in [0, 0.05) is 16.0 Å². The Morgan fingerprint density at radius 1 is 1.31 bits per heavy atom. The first kappa shape index (κ1) is 18.9. The van der Waals surface area contributed by atoms with E-state index < -0.39 is 35.2 Å². The Morgan fingerprint density at radius 3 is 2.62 bits per heavy atom. The minimum Gasteiger partial charge on any atom is -0.469 e. The van der Waals surface area contributed by atoms with Crippen molar-refractivity contribution in [2.75, 3.05) is 13.7 Å². The summed E-state index contributed by atoms with van der Waals surface area (Å²) in [5.41, 5.74) is -0.287. The molecule has 0 radical (unpaired) electrons. The number of carbonyl (C=O) groups excluding carboxylic acids is 3. The lowest BCUT2D eigenvalue weighted by atomic mass is 9.64. The average molecular weight is 425 g/mol. The number of benzene rings is 1. The van der Waals surface area contributed by atoms with Gasteiger partial charge in [-0.1, -0.05) is 28.8 Å². The van der Waals surface area contributed by atoms with Gasteiger partial charge in [0.15, 0.2) is 5.92 Å². The van der Waals surface area contributed by atoms with Gasteiger partial charge in [0.1, 0.15) is 5.75 Å². The van der Waals surface area contributed by atoms with E-state index in [1.54, 1.807) is 19.1 Å². The zero-order valence-corrected chi connectivity index (χ0v) is 16.3. The van der Waals surface area contributed by atoms with Crippen molar-refractivity contribution in [1.82, 2.24) is 0 Å². The minimum absolute atomic E-state index is 0.145. The Bertz CT molecular complexity index is 738. The number of ether oxygens (including phenoxy) is 3. The molecule has 0 N–H and O–H groups in total. The van der Waals surface area contributed by atoms with E-state index in [9.17, 15) is 14.4 Å². The van der Waals surface area contributed by atoms with Gasteiger partial charge in [-0.25, -0.2) is 0 Å². The van der Waals surface area contributed by atoms with Gasteiger partial charge in [-0.05, 0) is 38.0 Å². The maximum Gasteiger partial charge on any atom is 0.326 e. The van der Waals surface area contributed by atoms with Crippen LogP contribution in [0.25, 0.3) is 0 Å². The van der Waals surface area contributed by atoms with Gasteiger partial charge in [-0.15, -0.1) is 0 Å². The highest BCUT2D eigenvalue weighted by Gasteiger charge is 2.58. The molecule has 1 saturated carbocycles. The van der Waals surface area contributed by atoms with E-state index in [4.69, 9.17) is 14.2 Å². The van der Waals surface area contributed by atoms with Gasteiger partial charge < -0.3 is 14.2 Å². The van der Waals surface area contributed by atoms with Crippen molar-refractivity contribution in [3.8, 4) is 5.75 Å². The molecule has 0 spiro atoms. The van der Waals surface area contributed by atoms with Crippen molar-refractivity contribution in [3.05, 3.63) is 28.2 Å². The highest BCUT2D eigenvalue weighted by Crippen LogP contribution is 2.56. The van der Waals surface area contributed by atoms with E-state index in [0.29, 0.717) is 24.2 Å². The van der Waals surface area contributed by atoms with Crippen molar-refractivity contribution in [2.45, 2.75) is 38.5 Å². The Hall–Kier alpha value is -1.89. The number of hydrogen-bond donors (Lipinski definition) is 0. The lowest BCUT2D eigenvalue weighted by Gasteiger charge is -2.41. The summed E-state index contributed by atoms with van der Waals surface area (Å²) in [5, 5.41) is 0. The summed E-state index contributed by atoms with van der Waals surface area (Å²) in [7, 11) is 1.34. The molecule has 1 heterocycles. The summed E-state index contributed by atoms with van der Waals surface area (Å²) >= 11 is 3.43. The number of fused-ring (bicyclic) bond motifs is 1. The number of halogens is 1. The zero-order chi connectivity index (χ0) is 18.9. The molecule has 2 aliphatic rings. The number of hydrogen-bond acceptors (Lipinski definition) is 6. The standard InChI is InChI=1S/C19H21BrO6/c1-3-25-16(21)14-15(19(18(23)24-2)8-4-5-9-19)12-10-11(20)6-7-13(12)26-17(14)22/h6-7,10,14-15H,3-5,8-9H2,1-2H3/t14-,15+/m0/s1. The van der Waals surface area contributed by atoms with Gasteiger partial charge in [0.2, 0.25) is 0 Å². The molecule has 0 amide bonds. The lowest BCUT2D eigenvalue weighted by molar-refractivity contribution is -0.166. The van der Waals surface area contributed by atoms with Crippen molar-refractivity contribution >= 4 is 33.8 Å². The lowest BCUT2D eigenvalue weighted by Crippen LogP contribution is -2.48. The van der Waals surface area contributed by atoms with Crippen LogP contribution in [-0.4, -0.2) is 31.6 Å².